The Hall–Kier alpha value is -3.40. The molecule has 7 nitrogen and oxygen atoms in total. The van der Waals surface area contributed by atoms with E-state index >= 15 is 0 Å². The molecular formula is C22H21F2N3O4S. The molecule has 0 saturated heterocycles. The first-order chi connectivity index (χ1) is 15.2. The number of amides is 2. The Morgan fingerprint density at radius 1 is 1.16 bits per heavy atom. The zero-order chi connectivity index (χ0) is 23.1. The number of primary amides is 1. The van der Waals surface area contributed by atoms with Crippen LogP contribution in [0.5, 0.6) is 0 Å². The third-order valence-corrected chi connectivity index (χ3v) is 5.45. The Labute approximate surface area is 186 Å². The summed E-state index contributed by atoms with van der Waals surface area (Å²) >= 11 is 1.38. The molecular weight excluding hydrogens is 440 g/mol. The van der Waals surface area contributed by atoms with E-state index in [1.54, 1.807) is 42.5 Å². The molecule has 0 unspecified atom stereocenters. The van der Waals surface area contributed by atoms with E-state index in [-0.39, 0.29) is 5.89 Å². The van der Waals surface area contributed by atoms with Crippen molar-refractivity contribution in [1.29, 1.82) is 0 Å². The smallest absolute Gasteiger partial charge is 0.265 e. The van der Waals surface area contributed by atoms with Crippen molar-refractivity contribution in [2.24, 2.45) is 5.73 Å². The van der Waals surface area contributed by atoms with Gasteiger partial charge in [0.1, 0.15) is 6.04 Å². The monoisotopic (exact) mass is 461 g/mol. The van der Waals surface area contributed by atoms with E-state index < -0.39 is 55.2 Å². The van der Waals surface area contributed by atoms with E-state index in [9.17, 15) is 23.2 Å². The number of nitrogens with one attached hydrogen (secondary N) is 1. The number of nitrogens with two attached hydrogens (primary N) is 1. The quantitative estimate of drug-likeness (QED) is 0.423. The average molecular weight is 461 g/mol. The van der Waals surface area contributed by atoms with Gasteiger partial charge >= 0.3 is 0 Å². The first-order valence-corrected chi connectivity index (χ1v) is 10.6. The number of aromatic nitrogens is 1. The lowest BCUT2D eigenvalue weighted by atomic mass is 10.0. The van der Waals surface area contributed by atoms with E-state index in [0.717, 1.165) is 4.88 Å². The molecule has 0 radical (unpaired) electrons. The van der Waals surface area contributed by atoms with Crippen LogP contribution in [0.2, 0.25) is 0 Å². The summed E-state index contributed by atoms with van der Waals surface area (Å²) in [5.41, 5.74) is 5.63. The molecule has 0 spiro atoms. The van der Waals surface area contributed by atoms with Gasteiger partial charge in [0.05, 0.1) is 17.5 Å². The first-order valence-electron chi connectivity index (χ1n) is 9.77. The fourth-order valence-electron chi connectivity index (χ4n) is 3.03. The summed E-state index contributed by atoms with van der Waals surface area (Å²) in [4.78, 5) is 41.0. The molecule has 0 aliphatic heterocycles. The standard InChI is InChI=1S/C22H21F2N3O4S/c23-22(24,12-14-5-2-1-3-6-14)9-8-19(29)27-15(11-18(25)28)20(30)21-26-13-16(31-21)17-7-4-10-32-17/h1-7,10,13,15H,8-9,11-12H2,(H2,25,28)(H,27,29)/t15-/m0/s1. The summed E-state index contributed by atoms with van der Waals surface area (Å²) in [5.74, 6) is -5.48. The Morgan fingerprint density at radius 3 is 2.56 bits per heavy atom. The number of carbonyl (C=O) groups is 3. The number of hydrogen-bond donors (Lipinski definition) is 2. The van der Waals surface area contributed by atoms with Crippen molar-refractivity contribution in [3.63, 3.8) is 0 Å². The van der Waals surface area contributed by atoms with Crippen molar-refractivity contribution in [3.05, 3.63) is 65.5 Å². The maximum atomic E-state index is 14.2. The molecule has 0 aliphatic rings. The first kappa shape index (κ1) is 23.3. The summed E-state index contributed by atoms with van der Waals surface area (Å²) in [6.07, 6.45) is -0.915. The molecule has 1 aromatic carbocycles. The van der Waals surface area contributed by atoms with Gasteiger partial charge in [-0.1, -0.05) is 36.4 Å². The fourth-order valence-corrected chi connectivity index (χ4v) is 3.70. The van der Waals surface area contributed by atoms with Crippen LogP contribution in [-0.4, -0.2) is 34.5 Å². The number of benzene rings is 1. The number of alkyl halides is 2. The Balaban J connectivity index is 1.61. The predicted octanol–water partition coefficient (Wildman–Crippen LogP) is 3.60. The number of hydrogen-bond acceptors (Lipinski definition) is 6. The summed E-state index contributed by atoms with van der Waals surface area (Å²) < 4.78 is 33.9. The largest absolute Gasteiger partial charge is 0.433 e. The zero-order valence-electron chi connectivity index (χ0n) is 16.9. The molecule has 10 heteroatoms. The number of ketones is 1. The number of thiophene rings is 1. The second-order valence-electron chi connectivity index (χ2n) is 7.18. The second kappa shape index (κ2) is 10.3. The Kier molecular flexibility index (Phi) is 7.47. The SMILES string of the molecule is NC(=O)C[C@H](NC(=O)CCC(F)(F)Cc1ccccc1)C(=O)c1ncc(-c2cccs2)o1. The number of oxazole rings is 1. The lowest BCUT2D eigenvalue weighted by molar-refractivity contribution is -0.124. The number of nitrogens with zero attached hydrogens (tertiary/aromatic N) is 1. The highest BCUT2D eigenvalue weighted by Crippen LogP contribution is 2.27. The molecule has 3 rings (SSSR count). The summed E-state index contributed by atoms with van der Waals surface area (Å²) in [7, 11) is 0. The maximum absolute atomic E-state index is 14.2. The van der Waals surface area contributed by atoms with Crippen LogP contribution in [0.25, 0.3) is 10.6 Å². The van der Waals surface area contributed by atoms with Crippen molar-refractivity contribution < 1.29 is 27.6 Å². The number of rotatable bonds is 11. The van der Waals surface area contributed by atoms with E-state index in [1.807, 2.05) is 5.38 Å². The van der Waals surface area contributed by atoms with Gasteiger partial charge in [0, 0.05) is 19.3 Å². The minimum Gasteiger partial charge on any atom is -0.433 e. The van der Waals surface area contributed by atoms with Crippen LogP contribution < -0.4 is 11.1 Å². The van der Waals surface area contributed by atoms with Gasteiger partial charge in [-0.15, -0.1) is 11.3 Å². The molecule has 3 aromatic rings. The van der Waals surface area contributed by atoms with E-state index in [0.29, 0.717) is 11.3 Å². The van der Waals surface area contributed by atoms with E-state index in [2.05, 4.69) is 10.3 Å². The highest BCUT2D eigenvalue weighted by Gasteiger charge is 2.32. The lowest BCUT2D eigenvalue weighted by Gasteiger charge is -2.18. The highest BCUT2D eigenvalue weighted by atomic mass is 32.1. The predicted molar refractivity (Wildman–Crippen MR) is 114 cm³/mol. The summed E-state index contributed by atoms with van der Waals surface area (Å²) in [6, 6.07) is 10.4. The topological polar surface area (TPSA) is 115 Å². The van der Waals surface area contributed by atoms with Crippen LogP contribution in [0, 0.1) is 0 Å². The van der Waals surface area contributed by atoms with Crippen LogP contribution in [0.1, 0.15) is 35.5 Å². The minimum absolute atomic E-state index is 0.311. The number of Topliss-reactive ketones (excluding diaryl/α,β-unsaturated/α-hetero) is 1. The third-order valence-electron chi connectivity index (χ3n) is 4.56. The third kappa shape index (κ3) is 6.55. The number of halogens is 2. The van der Waals surface area contributed by atoms with Crippen LogP contribution in [0.3, 0.4) is 0 Å². The van der Waals surface area contributed by atoms with Gasteiger partial charge < -0.3 is 15.5 Å². The summed E-state index contributed by atoms with van der Waals surface area (Å²) in [5, 5.41) is 4.13. The molecule has 0 saturated carbocycles. The van der Waals surface area contributed by atoms with Crippen LogP contribution in [0.4, 0.5) is 8.78 Å². The van der Waals surface area contributed by atoms with Crippen molar-refractivity contribution >= 4 is 28.9 Å². The minimum atomic E-state index is -3.11. The van der Waals surface area contributed by atoms with Crippen molar-refractivity contribution in [3.8, 4) is 10.6 Å². The van der Waals surface area contributed by atoms with Gasteiger partial charge in [-0.3, -0.25) is 14.4 Å². The maximum Gasteiger partial charge on any atom is 0.265 e. The fraction of sp³-hybridized carbons (Fsp3) is 0.273. The van der Waals surface area contributed by atoms with Gasteiger partial charge in [-0.25, -0.2) is 13.8 Å². The van der Waals surface area contributed by atoms with Gasteiger partial charge in [0.15, 0.2) is 5.76 Å². The van der Waals surface area contributed by atoms with Gasteiger partial charge in [-0.05, 0) is 17.0 Å². The van der Waals surface area contributed by atoms with Crippen LogP contribution in [0.15, 0.2) is 58.5 Å². The molecule has 1 atom stereocenters. The Morgan fingerprint density at radius 2 is 1.91 bits per heavy atom. The molecule has 32 heavy (non-hydrogen) atoms. The molecule has 2 aromatic heterocycles. The Bertz CT molecular complexity index is 1070. The number of carbonyl (C=O) groups excluding carboxylic acids is 3. The van der Waals surface area contributed by atoms with Crippen molar-refractivity contribution in [1.82, 2.24) is 10.3 Å². The van der Waals surface area contributed by atoms with Crippen molar-refractivity contribution in [2.45, 2.75) is 37.6 Å². The molecule has 2 amide bonds. The van der Waals surface area contributed by atoms with Crippen LogP contribution in [-0.2, 0) is 16.0 Å². The molecule has 0 bridgehead atoms. The normalized spacial score (nSPS) is 12.3. The van der Waals surface area contributed by atoms with E-state index in [4.69, 9.17) is 10.2 Å². The second-order valence-corrected chi connectivity index (χ2v) is 8.13. The highest BCUT2D eigenvalue weighted by molar-refractivity contribution is 7.13. The van der Waals surface area contributed by atoms with Crippen molar-refractivity contribution in [2.75, 3.05) is 0 Å². The molecule has 0 aliphatic carbocycles. The molecule has 0 fully saturated rings. The molecule has 3 N–H and O–H groups in total. The molecule has 2 heterocycles. The van der Waals surface area contributed by atoms with Gasteiger partial charge in [-0.2, -0.15) is 0 Å². The lowest BCUT2D eigenvalue weighted by Crippen LogP contribution is -2.44. The van der Waals surface area contributed by atoms with Gasteiger partial charge in [0.2, 0.25) is 17.6 Å². The van der Waals surface area contributed by atoms with Crippen LogP contribution >= 0.6 is 11.3 Å². The average Bonchev–Trinajstić information content (AvgIpc) is 3.43. The zero-order valence-corrected chi connectivity index (χ0v) is 17.7. The summed E-state index contributed by atoms with van der Waals surface area (Å²) in [6.45, 7) is 0. The molecule has 168 valence electrons. The van der Waals surface area contributed by atoms with Gasteiger partial charge in [0.25, 0.3) is 11.8 Å². The van der Waals surface area contributed by atoms with E-state index in [1.165, 1.54) is 17.5 Å².